The van der Waals surface area contributed by atoms with Crippen LogP contribution in [-0.2, 0) is 14.9 Å². The number of hydrogen-bond donors (Lipinski definition) is 1. The second-order valence-corrected chi connectivity index (χ2v) is 9.19. The molecule has 0 radical (unpaired) electrons. The van der Waals surface area contributed by atoms with Gasteiger partial charge in [0.1, 0.15) is 23.5 Å². The molecule has 0 aliphatic carbocycles. The maximum atomic E-state index is 12.4. The summed E-state index contributed by atoms with van der Waals surface area (Å²) in [5.41, 5.74) is 1.55. The quantitative estimate of drug-likeness (QED) is 0.857. The van der Waals surface area contributed by atoms with Gasteiger partial charge in [-0.1, -0.05) is 32.9 Å². The molecule has 1 fully saturated rings. The number of aryl methyl sites for hydroxylation is 1. The molecular formula is C21H31NO5. The van der Waals surface area contributed by atoms with Crippen molar-refractivity contribution in [1.29, 1.82) is 0 Å². The topological polar surface area (TPSA) is 76.1 Å². The highest BCUT2D eigenvalue weighted by Gasteiger charge is 2.42. The van der Waals surface area contributed by atoms with Gasteiger partial charge in [-0.15, -0.1) is 0 Å². The molecule has 150 valence electrons. The zero-order chi connectivity index (χ0) is 20.6. The monoisotopic (exact) mass is 377 g/mol. The fourth-order valence-corrected chi connectivity index (χ4v) is 3.07. The smallest absolute Gasteiger partial charge is 0.411 e. The third-order valence-electron chi connectivity index (χ3n) is 4.51. The van der Waals surface area contributed by atoms with Crippen LogP contribution < -0.4 is 4.74 Å². The lowest BCUT2D eigenvalue weighted by molar-refractivity contribution is -0.142. The van der Waals surface area contributed by atoms with Crippen LogP contribution >= 0.6 is 0 Å². The first-order valence-electron chi connectivity index (χ1n) is 9.28. The average Bonchev–Trinajstić information content (AvgIpc) is 2.91. The molecule has 0 saturated carbocycles. The minimum absolute atomic E-state index is 0.0402. The van der Waals surface area contributed by atoms with Gasteiger partial charge < -0.3 is 14.6 Å². The summed E-state index contributed by atoms with van der Waals surface area (Å²) >= 11 is 0. The zero-order valence-corrected chi connectivity index (χ0v) is 17.3. The number of aliphatic carboxylic acids is 1. The summed E-state index contributed by atoms with van der Waals surface area (Å²) in [5, 5.41) is 9.49. The van der Waals surface area contributed by atoms with Crippen LogP contribution in [0, 0.1) is 6.92 Å². The highest BCUT2D eigenvalue weighted by Crippen LogP contribution is 2.30. The Morgan fingerprint density at radius 2 is 1.78 bits per heavy atom. The van der Waals surface area contributed by atoms with Crippen molar-refractivity contribution in [3.63, 3.8) is 0 Å². The highest BCUT2D eigenvalue weighted by atomic mass is 16.6. The van der Waals surface area contributed by atoms with Crippen molar-refractivity contribution in [2.24, 2.45) is 0 Å². The first-order valence-corrected chi connectivity index (χ1v) is 9.28. The van der Waals surface area contributed by atoms with Gasteiger partial charge in [-0.2, -0.15) is 0 Å². The Morgan fingerprint density at radius 3 is 2.26 bits per heavy atom. The Hall–Kier alpha value is -2.24. The molecule has 2 atom stereocenters. The minimum atomic E-state index is -1.05. The van der Waals surface area contributed by atoms with E-state index in [1.54, 1.807) is 20.8 Å². The first-order chi connectivity index (χ1) is 12.3. The average molecular weight is 377 g/mol. The number of amides is 1. The summed E-state index contributed by atoms with van der Waals surface area (Å²) in [4.78, 5) is 25.2. The van der Waals surface area contributed by atoms with Crippen LogP contribution in [0.4, 0.5) is 4.79 Å². The third kappa shape index (κ3) is 5.37. The van der Waals surface area contributed by atoms with Gasteiger partial charge in [0.25, 0.3) is 0 Å². The molecule has 0 aromatic heterocycles. The second kappa shape index (κ2) is 7.41. The van der Waals surface area contributed by atoms with E-state index in [0.717, 1.165) is 5.56 Å². The van der Waals surface area contributed by atoms with E-state index < -0.39 is 29.8 Å². The van der Waals surface area contributed by atoms with Crippen LogP contribution in [0.1, 0.15) is 59.1 Å². The van der Waals surface area contributed by atoms with E-state index in [1.807, 2.05) is 19.1 Å². The molecule has 27 heavy (non-hydrogen) atoms. The van der Waals surface area contributed by atoms with Crippen LogP contribution in [0.25, 0.3) is 0 Å². The van der Waals surface area contributed by atoms with Gasteiger partial charge in [-0.3, -0.25) is 4.90 Å². The van der Waals surface area contributed by atoms with E-state index in [0.29, 0.717) is 5.75 Å². The van der Waals surface area contributed by atoms with Crippen molar-refractivity contribution in [2.45, 2.75) is 78.0 Å². The number of rotatable bonds is 3. The number of carbonyl (C=O) groups excluding carboxylic acids is 1. The van der Waals surface area contributed by atoms with E-state index in [2.05, 4.69) is 26.8 Å². The third-order valence-corrected chi connectivity index (χ3v) is 4.51. The molecule has 1 saturated heterocycles. The number of carboxylic acids is 1. The molecule has 1 aliphatic heterocycles. The number of ether oxygens (including phenoxy) is 2. The Morgan fingerprint density at radius 1 is 1.15 bits per heavy atom. The molecular weight excluding hydrogens is 346 g/mol. The highest BCUT2D eigenvalue weighted by molar-refractivity contribution is 5.81. The van der Waals surface area contributed by atoms with E-state index in [1.165, 1.54) is 10.5 Å². The normalized spacial score (nSPS) is 20.5. The molecule has 6 nitrogen and oxygen atoms in total. The standard InChI is InChI=1S/C21H31NO5/c1-13-10-14(20(2,3)4)8-9-17(13)26-15-11-16(18(23)24)22(12-15)19(25)27-21(5,6)7/h8-10,15-16H,11-12H2,1-7H3,(H,23,24)/t15-,16-/m1/s1. The molecule has 1 heterocycles. The van der Waals surface area contributed by atoms with Crippen molar-refractivity contribution in [2.75, 3.05) is 6.54 Å². The van der Waals surface area contributed by atoms with E-state index in [-0.39, 0.29) is 18.4 Å². The lowest BCUT2D eigenvalue weighted by atomic mass is 9.86. The maximum Gasteiger partial charge on any atom is 0.411 e. The van der Waals surface area contributed by atoms with Crippen molar-refractivity contribution < 1.29 is 24.2 Å². The lowest BCUT2D eigenvalue weighted by Gasteiger charge is -2.26. The van der Waals surface area contributed by atoms with Crippen LogP contribution in [0.15, 0.2) is 18.2 Å². The number of carboxylic acid groups (broad SMARTS) is 1. The second-order valence-electron chi connectivity index (χ2n) is 9.19. The van der Waals surface area contributed by atoms with Gasteiger partial charge in [0, 0.05) is 6.42 Å². The van der Waals surface area contributed by atoms with Gasteiger partial charge in [-0.05, 0) is 50.3 Å². The Kier molecular flexibility index (Phi) is 5.78. The van der Waals surface area contributed by atoms with E-state index in [4.69, 9.17) is 9.47 Å². The number of benzene rings is 1. The molecule has 1 aromatic rings. The predicted molar refractivity (Wildman–Crippen MR) is 103 cm³/mol. The molecule has 0 bridgehead atoms. The molecule has 6 heteroatoms. The molecule has 0 spiro atoms. The molecule has 1 aromatic carbocycles. The predicted octanol–water partition coefficient (Wildman–Crippen LogP) is 4.13. The van der Waals surface area contributed by atoms with Crippen molar-refractivity contribution in [1.82, 2.24) is 4.90 Å². The van der Waals surface area contributed by atoms with Gasteiger partial charge in [-0.25, -0.2) is 9.59 Å². The molecule has 2 rings (SSSR count). The van der Waals surface area contributed by atoms with Crippen LogP contribution in [0.2, 0.25) is 0 Å². The van der Waals surface area contributed by atoms with Crippen LogP contribution in [-0.4, -0.2) is 46.4 Å². The molecule has 1 N–H and O–H groups in total. The lowest BCUT2D eigenvalue weighted by Crippen LogP contribution is -2.43. The Bertz CT molecular complexity index is 714. The zero-order valence-electron chi connectivity index (χ0n) is 17.3. The minimum Gasteiger partial charge on any atom is -0.488 e. The largest absolute Gasteiger partial charge is 0.488 e. The summed E-state index contributed by atoms with van der Waals surface area (Å²) in [6, 6.07) is 5.09. The molecule has 1 aliphatic rings. The summed E-state index contributed by atoms with van der Waals surface area (Å²) in [5.74, 6) is -0.338. The summed E-state index contributed by atoms with van der Waals surface area (Å²) in [6.07, 6.45) is -0.784. The molecule has 1 amide bonds. The van der Waals surface area contributed by atoms with Gasteiger partial charge in [0.2, 0.25) is 0 Å². The fourth-order valence-electron chi connectivity index (χ4n) is 3.07. The molecule has 0 unspecified atom stereocenters. The Labute approximate surface area is 161 Å². The van der Waals surface area contributed by atoms with E-state index in [9.17, 15) is 14.7 Å². The summed E-state index contributed by atoms with van der Waals surface area (Å²) < 4.78 is 11.4. The van der Waals surface area contributed by atoms with Crippen LogP contribution in [0.5, 0.6) is 5.75 Å². The number of likely N-dealkylation sites (tertiary alicyclic amines) is 1. The van der Waals surface area contributed by atoms with Crippen LogP contribution in [0.3, 0.4) is 0 Å². The van der Waals surface area contributed by atoms with Gasteiger partial charge >= 0.3 is 12.1 Å². The SMILES string of the molecule is Cc1cc(C(C)(C)C)ccc1O[C@@H]1C[C@H](C(=O)O)N(C(=O)OC(C)(C)C)C1. The first kappa shape index (κ1) is 21.1. The summed E-state index contributed by atoms with van der Waals surface area (Å²) in [6.45, 7) is 13.9. The van der Waals surface area contributed by atoms with Crippen molar-refractivity contribution in [3.8, 4) is 5.75 Å². The summed E-state index contributed by atoms with van der Waals surface area (Å²) in [7, 11) is 0. The maximum absolute atomic E-state index is 12.4. The van der Waals surface area contributed by atoms with Crippen molar-refractivity contribution >= 4 is 12.1 Å². The number of nitrogens with zero attached hydrogens (tertiary/aromatic N) is 1. The van der Waals surface area contributed by atoms with Gasteiger partial charge in [0.05, 0.1) is 6.54 Å². The van der Waals surface area contributed by atoms with E-state index >= 15 is 0 Å². The Balaban J connectivity index is 2.14. The number of hydrogen-bond acceptors (Lipinski definition) is 4. The van der Waals surface area contributed by atoms with Crippen molar-refractivity contribution in [3.05, 3.63) is 29.3 Å². The number of carbonyl (C=O) groups is 2. The fraction of sp³-hybridized carbons (Fsp3) is 0.619. The van der Waals surface area contributed by atoms with Gasteiger partial charge in [0.15, 0.2) is 0 Å².